The van der Waals surface area contributed by atoms with Gasteiger partial charge < -0.3 is 30.4 Å². The molecule has 2 amide bonds. The molecular weight excluding hydrogens is 370 g/mol. The zero-order valence-electron chi connectivity index (χ0n) is 15.3. The lowest BCUT2D eigenvalue weighted by molar-refractivity contribution is -0.149. The molecule has 0 spiro atoms. The fourth-order valence-electron chi connectivity index (χ4n) is 2.07. The van der Waals surface area contributed by atoms with Crippen molar-refractivity contribution in [3.8, 4) is 11.8 Å². The summed E-state index contributed by atoms with van der Waals surface area (Å²) < 4.78 is 5.52. The smallest absolute Gasteiger partial charge is 0.408 e. The average Bonchev–Trinajstić information content (AvgIpc) is 2.99. The Bertz CT molecular complexity index is 815. The number of benzene rings is 1. The van der Waals surface area contributed by atoms with E-state index in [0.717, 1.165) is 17.7 Å². The lowest BCUT2D eigenvalue weighted by atomic mass is 10.2. The van der Waals surface area contributed by atoms with Gasteiger partial charge in [0.25, 0.3) is 0 Å². The summed E-state index contributed by atoms with van der Waals surface area (Å²) in [7, 11) is 0. The summed E-state index contributed by atoms with van der Waals surface area (Å²) in [5, 5.41) is 23.6. The minimum Gasteiger partial charge on any atom is -0.492 e. The highest BCUT2D eigenvalue weighted by atomic mass is 16.7. The number of rotatable bonds is 7. The van der Waals surface area contributed by atoms with Crippen LogP contribution in [0.3, 0.4) is 0 Å². The summed E-state index contributed by atoms with van der Waals surface area (Å²) in [4.78, 5) is 40.6. The Morgan fingerprint density at radius 1 is 0.964 bits per heavy atom. The predicted octanol–water partition coefficient (Wildman–Crippen LogP) is 0.674. The SMILES string of the molecule is C[C@H](NC(=O)OCc1ccccc1)C(=O)N[C@@H](C)C(=O)On1c(O)ccc1O. The van der Waals surface area contributed by atoms with Gasteiger partial charge in [0.15, 0.2) is 0 Å². The number of hydrogen-bond donors (Lipinski definition) is 4. The van der Waals surface area contributed by atoms with Crippen molar-refractivity contribution in [3.63, 3.8) is 0 Å². The summed E-state index contributed by atoms with van der Waals surface area (Å²) in [5.74, 6) is -2.56. The Labute approximate surface area is 160 Å². The molecule has 0 saturated carbocycles. The first-order valence-corrected chi connectivity index (χ1v) is 8.37. The lowest BCUT2D eigenvalue weighted by Gasteiger charge is -2.18. The molecule has 1 aromatic carbocycles. The minimum absolute atomic E-state index is 0.0492. The predicted molar refractivity (Wildman–Crippen MR) is 96.2 cm³/mol. The van der Waals surface area contributed by atoms with Crippen molar-refractivity contribution in [3.05, 3.63) is 48.0 Å². The van der Waals surface area contributed by atoms with Gasteiger partial charge in [-0.05, 0) is 19.4 Å². The van der Waals surface area contributed by atoms with Crippen LogP contribution in [0.1, 0.15) is 19.4 Å². The second-order valence-electron chi connectivity index (χ2n) is 5.91. The molecule has 0 unspecified atom stereocenters. The number of aromatic nitrogens is 1. The first kappa shape index (κ1) is 20.6. The molecule has 10 nitrogen and oxygen atoms in total. The molecule has 4 N–H and O–H groups in total. The molecule has 0 bridgehead atoms. The summed E-state index contributed by atoms with van der Waals surface area (Å²) >= 11 is 0. The fraction of sp³-hybridized carbons (Fsp3) is 0.278. The Kier molecular flexibility index (Phi) is 6.85. The van der Waals surface area contributed by atoms with E-state index in [4.69, 9.17) is 9.57 Å². The fourth-order valence-corrected chi connectivity index (χ4v) is 2.07. The molecule has 0 aliphatic heterocycles. The lowest BCUT2D eigenvalue weighted by Crippen LogP contribution is -2.50. The van der Waals surface area contributed by atoms with Crippen LogP contribution in [0.2, 0.25) is 0 Å². The molecule has 0 saturated heterocycles. The molecule has 0 aliphatic rings. The van der Waals surface area contributed by atoms with E-state index >= 15 is 0 Å². The van der Waals surface area contributed by atoms with Gasteiger partial charge in [0.05, 0.1) is 0 Å². The summed E-state index contributed by atoms with van der Waals surface area (Å²) in [6.45, 7) is 2.81. The minimum atomic E-state index is -1.11. The van der Waals surface area contributed by atoms with Gasteiger partial charge in [-0.3, -0.25) is 4.79 Å². The summed E-state index contributed by atoms with van der Waals surface area (Å²) in [6, 6.07) is 9.18. The van der Waals surface area contributed by atoms with Crippen molar-refractivity contribution in [1.82, 2.24) is 15.4 Å². The van der Waals surface area contributed by atoms with E-state index in [2.05, 4.69) is 10.6 Å². The highest BCUT2D eigenvalue weighted by molar-refractivity contribution is 5.89. The van der Waals surface area contributed by atoms with Gasteiger partial charge in [0, 0.05) is 12.1 Å². The Morgan fingerprint density at radius 3 is 2.18 bits per heavy atom. The third kappa shape index (κ3) is 5.66. The number of nitrogens with zero attached hydrogens (tertiary/aromatic N) is 1. The molecular formula is C18H21N3O7. The molecule has 0 fully saturated rings. The summed E-state index contributed by atoms with van der Waals surface area (Å²) in [6.07, 6.45) is -0.788. The van der Waals surface area contributed by atoms with E-state index in [0.29, 0.717) is 4.73 Å². The molecule has 2 atom stereocenters. The molecule has 1 aromatic heterocycles. The van der Waals surface area contributed by atoms with Crippen molar-refractivity contribution in [1.29, 1.82) is 0 Å². The molecule has 10 heteroatoms. The van der Waals surface area contributed by atoms with Gasteiger partial charge >= 0.3 is 12.1 Å². The number of nitrogens with one attached hydrogen (secondary N) is 2. The highest BCUT2D eigenvalue weighted by Crippen LogP contribution is 2.18. The maximum atomic E-state index is 12.1. The van der Waals surface area contributed by atoms with Gasteiger partial charge in [0.1, 0.15) is 18.7 Å². The Hall–Kier alpha value is -3.69. The average molecular weight is 391 g/mol. The van der Waals surface area contributed by atoms with Crippen LogP contribution in [0.25, 0.3) is 0 Å². The largest absolute Gasteiger partial charge is 0.492 e. The molecule has 0 aliphatic carbocycles. The molecule has 1 heterocycles. The van der Waals surface area contributed by atoms with Crippen LogP contribution >= 0.6 is 0 Å². The maximum absolute atomic E-state index is 12.1. The van der Waals surface area contributed by atoms with E-state index < -0.39 is 41.8 Å². The van der Waals surface area contributed by atoms with E-state index in [1.54, 1.807) is 24.3 Å². The van der Waals surface area contributed by atoms with Gasteiger partial charge in [-0.1, -0.05) is 30.3 Å². The van der Waals surface area contributed by atoms with Crippen LogP contribution in [0.5, 0.6) is 11.8 Å². The second-order valence-corrected chi connectivity index (χ2v) is 5.91. The Balaban J connectivity index is 1.78. The van der Waals surface area contributed by atoms with Crippen molar-refractivity contribution < 1.29 is 34.2 Å². The zero-order valence-corrected chi connectivity index (χ0v) is 15.3. The highest BCUT2D eigenvalue weighted by Gasteiger charge is 2.24. The zero-order chi connectivity index (χ0) is 20.7. The normalized spacial score (nSPS) is 12.5. The standard InChI is InChI=1S/C18H21N3O7/c1-11(20-18(26)27-10-13-6-4-3-5-7-13)16(24)19-12(2)17(25)28-21-14(22)8-9-15(21)23/h3-9,11-12,22-23H,10H2,1-2H3,(H,19,24)(H,20,26)/t11-,12-/m0/s1. The monoisotopic (exact) mass is 391 g/mol. The third-order valence-corrected chi connectivity index (χ3v) is 3.63. The first-order valence-electron chi connectivity index (χ1n) is 8.37. The van der Waals surface area contributed by atoms with E-state index in [1.807, 2.05) is 6.07 Å². The van der Waals surface area contributed by atoms with E-state index in [1.165, 1.54) is 13.8 Å². The van der Waals surface area contributed by atoms with Gasteiger partial charge in [0.2, 0.25) is 17.7 Å². The second kappa shape index (κ2) is 9.31. The maximum Gasteiger partial charge on any atom is 0.408 e. The van der Waals surface area contributed by atoms with Crippen LogP contribution < -0.4 is 15.5 Å². The number of carbonyl (C=O) groups is 3. The summed E-state index contributed by atoms with van der Waals surface area (Å²) in [5.41, 5.74) is 0.794. The Morgan fingerprint density at radius 2 is 1.57 bits per heavy atom. The molecule has 0 radical (unpaired) electrons. The van der Waals surface area contributed by atoms with Crippen molar-refractivity contribution >= 4 is 18.0 Å². The van der Waals surface area contributed by atoms with Crippen LogP contribution in [0.15, 0.2) is 42.5 Å². The number of carbonyl (C=O) groups excluding carboxylic acids is 3. The van der Waals surface area contributed by atoms with Crippen LogP contribution in [-0.4, -0.2) is 45.0 Å². The quantitative estimate of drug-likeness (QED) is 0.544. The van der Waals surface area contributed by atoms with Crippen molar-refractivity contribution in [2.75, 3.05) is 0 Å². The number of ether oxygens (including phenoxy) is 1. The van der Waals surface area contributed by atoms with Gasteiger partial charge in [-0.2, -0.15) is 0 Å². The number of alkyl carbamates (subject to hydrolysis) is 1. The van der Waals surface area contributed by atoms with E-state index in [-0.39, 0.29) is 6.61 Å². The topological polar surface area (TPSA) is 139 Å². The molecule has 28 heavy (non-hydrogen) atoms. The van der Waals surface area contributed by atoms with Crippen LogP contribution in [0.4, 0.5) is 4.79 Å². The third-order valence-electron chi connectivity index (χ3n) is 3.63. The van der Waals surface area contributed by atoms with Crippen molar-refractivity contribution in [2.45, 2.75) is 32.5 Å². The molecule has 150 valence electrons. The van der Waals surface area contributed by atoms with Crippen LogP contribution in [0, 0.1) is 0 Å². The van der Waals surface area contributed by atoms with E-state index in [9.17, 15) is 24.6 Å². The van der Waals surface area contributed by atoms with Gasteiger partial charge in [-0.25, -0.2) is 9.59 Å². The first-order chi connectivity index (χ1) is 13.3. The van der Waals surface area contributed by atoms with Crippen LogP contribution in [-0.2, 0) is 20.9 Å². The number of amides is 2. The van der Waals surface area contributed by atoms with Gasteiger partial charge in [-0.15, -0.1) is 4.73 Å². The van der Waals surface area contributed by atoms with Crippen molar-refractivity contribution in [2.24, 2.45) is 0 Å². The number of aromatic hydroxyl groups is 2. The molecule has 2 aromatic rings. The number of hydrogen-bond acceptors (Lipinski definition) is 7. The molecule has 2 rings (SSSR count).